The second kappa shape index (κ2) is 9.64. The van der Waals surface area contributed by atoms with Gasteiger partial charge in [-0.3, -0.25) is 14.7 Å². The average Bonchev–Trinajstić information content (AvgIpc) is 3.24. The number of hydrogen-bond donors (Lipinski definition) is 2. The number of aromatic amines is 1. The zero-order valence-corrected chi connectivity index (χ0v) is 18.5. The molecule has 2 amide bonds. The Morgan fingerprint density at radius 2 is 1.97 bits per heavy atom. The van der Waals surface area contributed by atoms with E-state index in [4.69, 9.17) is 4.74 Å². The Morgan fingerprint density at radius 1 is 1.18 bits per heavy atom. The lowest BCUT2D eigenvalue weighted by Gasteiger charge is -2.20. The molecule has 2 N–H and O–H groups in total. The van der Waals surface area contributed by atoms with Crippen LogP contribution in [0.2, 0.25) is 0 Å². The number of anilines is 1. The zero-order valence-electron chi connectivity index (χ0n) is 18.5. The molecule has 170 valence electrons. The average molecular weight is 447 g/mol. The molecule has 0 bridgehead atoms. The van der Waals surface area contributed by atoms with Crippen LogP contribution in [-0.4, -0.2) is 52.5 Å². The third-order valence-electron chi connectivity index (χ3n) is 5.44. The van der Waals surface area contributed by atoms with Crippen molar-refractivity contribution in [3.8, 4) is 5.75 Å². The first-order chi connectivity index (χ1) is 15.9. The highest BCUT2D eigenvalue weighted by Crippen LogP contribution is 2.32. The molecule has 33 heavy (non-hydrogen) atoms. The van der Waals surface area contributed by atoms with Crippen LogP contribution in [0.1, 0.15) is 40.9 Å². The Hall–Kier alpha value is -4.01. The minimum Gasteiger partial charge on any atom is -0.489 e. The predicted octanol–water partition coefficient (Wildman–Crippen LogP) is 2.07. The molecule has 1 aliphatic heterocycles. The van der Waals surface area contributed by atoms with Gasteiger partial charge in [0, 0.05) is 19.9 Å². The first kappa shape index (κ1) is 22.2. The maximum atomic E-state index is 13.0. The summed E-state index contributed by atoms with van der Waals surface area (Å²) < 4.78 is 5.81. The lowest BCUT2D eigenvalue weighted by atomic mass is 10.1. The van der Waals surface area contributed by atoms with Crippen molar-refractivity contribution >= 4 is 23.3 Å². The van der Waals surface area contributed by atoms with Gasteiger partial charge in [0.2, 0.25) is 5.82 Å². The number of carbonyl (C=O) groups is 3. The van der Waals surface area contributed by atoms with Crippen LogP contribution in [0.3, 0.4) is 0 Å². The molecule has 2 heterocycles. The van der Waals surface area contributed by atoms with Crippen LogP contribution in [0, 0.1) is 0 Å². The number of rotatable bonds is 7. The van der Waals surface area contributed by atoms with Crippen molar-refractivity contribution in [1.29, 1.82) is 0 Å². The quantitative estimate of drug-likeness (QED) is 0.573. The number of nitrogens with zero attached hydrogens (tertiary/aromatic N) is 3. The van der Waals surface area contributed by atoms with E-state index < -0.39 is 11.9 Å². The molecule has 0 radical (unpaired) electrons. The van der Waals surface area contributed by atoms with Crippen LogP contribution in [0.5, 0.6) is 5.75 Å². The van der Waals surface area contributed by atoms with E-state index in [-0.39, 0.29) is 24.1 Å². The Kier molecular flexibility index (Phi) is 6.48. The third-order valence-corrected chi connectivity index (χ3v) is 5.44. The number of H-pyrrole nitrogens is 1. The molecule has 2 aromatic carbocycles. The van der Waals surface area contributed by atoms with E-state index in [0.717, 1.165) is 11.1 Å². The lowest BCUT2D eigenvalue weighted by molar-refractivity contribution is -0.120. The Labute approximate surface area is 191 Å². The van der Waals surface area contributed by atoms with Gasteiger partial charge in [0.1, 0.15) is 30.0 Å². The second-order valence-electron chi connectivity index (χ2n) is 8.01. The van der Waals surface area contributed by atoms with E-state index in [9.17, 15) is 14.4 Å². The number of ether oxygens (including phenoxy) is 1. The molecule has 0 saturated heterocycles. The molecule has 0 spiro atoms. The standard InChI is InChI=1S/C24H25N5O4/c1-15(30)8-9-17-10-11-20-19(12-17)29(2)24(32)18(14-33-20)25-23(31)22-26-21(27-28-22)13-16-6-4-3-5-7-16/h3-7,10-12,18H,8-9,13-14H2,1-2H3,(H,25,31)(H,26,27,28)/t18-/m0/s1. The molecular formula is C24H25N5O4. The van der Waals surface area contributed by atoms with Crippen molar-refractivity contribution in [2.24, 2.45) is 0 Å². The molecule has 4 rings (SSSR count). The Balaban J connectivity index is 1.43. The largest absolute Gasteiger partial charge is 0.489 e. The highest BCUT2D eigenvalue weighted by molar-refractivity contribution is 6.02. The molecule has 9 nitrogen and oxygen atoms in total. The van der Waals surface area contributed by atoms with Crippen molar-refractivity contribution in [3.63, 3.8) is 0 Å². The summed E-state index contributed by atoms with van der Waals surface area (Å²) in [5.74, 6) is 0.284. The van der Waals surface area contributed by atoms with Gasteiger partial charge in [-0.1, -0.05) is 36.4 Å². The Bertz CT molecular complexity index is 1170. The van der Waals surface area contributed by atoms with E-state index in [0.29, 0.717) is 36.5 Å². The van der Waals surface area contributed by atoms with Crippen LogP contribution in [-0.2, 0) is 22.4 Å². The van der Waals surface area contributed by atoms with Gasteiger partial charge in [0.05, 0.1) is 5.69 Å². The second-order valence-corrected chi connectivity index (χ2v) is 8.01. The van der Waals surface area contributed by atoms with Crippen LogP contribution in [0.25, 0.3) is 0 Å². The van der Waals surface area contributed by atoms with Crippen molar-refractivity contribution in [2.45, 2.75) is 32.2 Å². The number of hydrogen-bond acceptors (Lipinski definition) is 6. The minimum absolute atomic E-state index is 0.0179. The van der Waals surface area contributed by atoms with Gasteiger partial charge < -0.3 is 19.7 Å². The van der Waals surface area contributed by atoms with E-state index in [1.807, 2.05) is 42.5 Å². The summed E-state index contributed by atoms with van der Waals surface area (Å²) in [5.41, 5.74) is 2.57. The van der Waals surface area contributed by atoms with E-state index >= 15 is 0 Å². The molecule has 0 fully saturated rings. The SMILES string of the molecule is CC(=O)CCc1ccc2c(c1)N(C)C(=O)[C@@H](NC(=O)c1n[nH]c(Cc3ccccc3)n1)CO2. The number of benzene rings is 2. The number of carbonyl (C=O) groups excluding carboxylic acids is 3. The fourth-order valence-corrected chi connectivity index (χ4v) is 3.61. The summed E-state index contributed by atoms with van der Waals surface area (Å²) in [6.07, 6.45) is 1.52. The van der Waals surface area contributed by atoms with Crippen LogP contribution in [0.4, 0.5) is 5.69 Å². The zero-order chi connectivity index (χ0) is 23.4. The molecule has 1 aliphatic rings. The summed E-state index contributed by atoms with van der Waals surface area (Å²) in [5, 5.41) is 9.44. The molecule has 3 aromatic rings. The molecule has 0 aliphatic carbocycles. The van der Waals surface area contributed by atoms with Gasteiger partial charge in [-0.25, -0.2) is 4.98 Å². The maximum absolute atomic E-state index is 13.0. The number of aryl methyl sites for hydroxylation is 1. The number of nitrogens with one attached hydrogen (secondary N) is 2. The summed E-state index contributed by atoms with van der Waals surface area (Å²) in [6.45, 7) is 1.53. The fourth-order valence-electron chi connectivity index (χ4n) is 3.61. The molecule has 1 aromatic heterocycles. The molecule has 1 atom stereocenters. The van der Waals surface area contributed by atoms with Crippen molar-refractivity contribution in [2.75, 3.05) is 18.6 Å². The van der Waals surface area contributed by atoms with Crippen molar-refractivity contribution < 1.29 is 19.1 Å². The summed E-state index contributed by atoms with van der Waals surface area (Å²) in [4.78, 5) is 42.7. The van der Waals surface area contributed by atoms with E-state index in [2.05, 4.69) is 20.5 Å². The monoisotopic (exact) mass is 447 g/mol. The van der Waals surface area contributed by atoms with E-state index in [1.54, 1.807) is 20.0 Å². The fraction of sp³-hybridized carbons (Fsp3) is 0.292. The smallest absolute Gasteiger partial charge is 0.291 e. The molecule has 0 saturated carbocycles. The summed E-state index contributed by atoms with van der Waals surface area (Å²) >= 11 is 0. The van der Waals surface area contributed by atoms with Crippen LogP contribution in [0.15, 0.2) is 48.5 Å². The number of fused-ring (bicyclic) bond motifs is 1. The van der Waals surface area contributed by atoms with Crippen LogP contribution >= 0.6 is 0 Å². The lowest BCUT2D eigenvalue weighted by Crippen LogP contribution is -2.49. The van der Waals surface area contributed by atoms with E-state index in [1.165, 1.54) is 4.90 Å². The molecule has 9 heteroatoms. The normalized spacial score (nSPS) is 15.4. The van der Waals surface area contributed by atoms with Gasteiger partial charge in [-0.15, -0.1) is 5.10 Å². The third kappa shape index (κ3) is 5.25. The minimum atomic E-state index is -0.897. The van der Waals surface area contributed by atoms with Gasteiger partial charge in [-0.05, 0) is 36.6 Å². The van der Waals surface area contributed by atoms with Crippen molar-refractivity contribution in [1.82, 2.24) is 20.5 Å². The van der Waals surface area contributed by atoms with Gasteiger partial charge >= 0.3 is 0 Å². The Morgan fingerprint density at radius 3 is 2.73 bits per heavy atom. The highest BCUT2D eigenvalue weighted by atomic mass is 16.5. The first-order valence-electron chi connectivity index (χ1n) is 10.7. The van der Waals surface area contributed by atoms with Gasteiger partial charge in [-0.2, -0.15) is 0 Å². The summed E-state index contributed by atoms with van der Waals surface area (Å²) in [6, 6.07) is 14.3. The maximum Gasteiger partial charge on any atom is 0.291 e. The van der Waals surface area contributed by atoms with Gasteiger partial charge in [0.15, 0.2) is 0 Å². The number of ketones is 1. The summed E-state index contributed by atoms with van der Waals surface area (Å²) in [7, 11) is 1.63. The first-order valence-corrected chi connectivity index (χ1v) is 10.7. The number of aromatic nitrogens is 3. The number of amides is 2. The molecular weight excluding hydrogens is 422 g/mol. The number of Topliss-reactive ketones (excluding diaryl/α,β-unsaturated/α-hetero) is 1. The topological polar surface area (TPSA) is 117 Å². The van der Waals surface area contributed by atoms with Crippen molar-refractivity contribution in [3.05, 3.63) is 71.3 Å². The highest BCUT2D eigenvalue weighted by Gasteiger charge is 2.31. The predicted molar refractivity (Wildman–Crippen MR) is 121 cm³/mol. The van der Waals surface area contributed by atoms with Gasteiger partial charge in [0.25, 0.3) is 11.8 Å². The van der Waals surface area contributed by atoms with Crippen LogP contribution < -0.4 is 15.0 Å². The number of likely N-dealkylation sites (N-methyl/N-ethyl adjacent to an activating group) is 1. The molecule has 0 unspecified atom stereocenters.